The molecule has 6 rings (SSSR count). The van der Waals surface area contributed by atoms with Gasteiger partial charge >= 0.3 is 0 Å². The summed E-state index contributed by atoms with van der Waals surface area (Å²) >= 11 is 1.26. The maximum absolute atomic E-state index is 13.5. The second-order valence-electron chi connectivity index (χ2n) is 10.7. The Morgan fingerprint density at radius 1 is 0.925 bits per heavy atom. The summed E-state index contributed by atoms with van der Waals surface area (Å²) in [6, 6.07) is 17.2. The zero-order valence-electron chi connectivity index (χ0n) is 22.5. The third-order valence-electron chi connectivity index (χ3n) is 7.98. The molecule has 1 N–H and O–H groups in total. The van der Waals surface area contributed by atoms with Gasteiger partial charge in [-0.05, 0) is 37.1 Å². The number of anilines is 1. The highest BCUT2D eigenvalue weighted by Gasteiger charge is 2.42. The molecule has 1 saturated carbocycles. The third-order valence-corrected chi connectivity index (χ3v) is 8.90. The minimum absolute atomic E-state index is 0.0140. The fraction of sp³-hybridized carbons (Fsp3) is 0.433. The first-order chi connectivity index (χ1) is 19.6. The fourth-order valence-electron chi connectivity index (χ4n) is 5.81. The zero-order chi connectivity index (χ0) is 27.5. The average Bonchev–Trinajstić information content (AvgIpc) is 3.32. The minimum Gasteiger partial charge on any atom is -0.368 e. The van der Waals surface area contributed by atoms with Gasteiger partial charge in [0.2, 0.25) is 11.8 Å². The van der Waals surface area contributed by atoms with Gasteiger partial charge in [-0.25, -0.2) is 9.89 Å². The lowest BCUT2D eigenvalue weighted by Gasteiger charge is -2.36. The number of para-hydroxylation sites is 2. The molecular weight excluding hydrogens is 524 g/mol. The van der Waals surface area contributed by atoms with Crippen LogP contribution >= 0.6 is 11.8 Å². The van der Waals surface area contributed by atoms with E-state index in [2.05, 4.69) is 22.3 Å². The second-order valence-corrected chi connectivity index (χ2v) is 11.6. The van der Waals surface area contributed by atoms with Crippen molar-refractivity contribution in [2.75, 3.05) is 36.8 Å². The second kappa shape index (κ2) is 11.8. The molecule has 3 heterocycles. The molecule has 2 aromatic rings. The summed E-state index contributed by atoms with van der Waals surface area (Å²) in [5.74, 6) is 0.304. The number of thioether (sulfide) groups is 1. The van der Waals surface area contributed by atoms with E-state index in [0.717, 1.165) is 44.3 Å². The molecule has 40 heavy (non-hydrogen) atoms. The molecule has 1 saturated heterocycles. The van der Waals surface area contributed by atoms with Gasteiger partial charge in [0.1, 0.15) is 11.9 Å². The predicted octanol–water partition coefficient (Wildman–Crippen LogP) is 3.57. The molecule has 1 atom stereocenters. The Kier molecular flexibility index (Phi) is 7.86. The van der Waals surface area contributed by atoms with Gasteiger partial charge in [0, 0.05) is 43.5 Å². The van der Waals surface area contributed by atoms with Crippen molar-refractivity contribution in [1.29, 1.82) is 0 Å². The van der Waals surface area contributed by atoms with E-state index in [1.165, 1.54) is 28.8 Å². The lowest BCUT2D eigenvalue weighted by molar-refractivity contribution is -0.129. The summed E-state index contributed by atoms with van der Waals surface area (Å²) in [5, 5.41) is 3.54. The van der Waals surface area contributed by atoms with E-state index in [0.29, 0.717) is 29.8 Å². The Hall–Kier alpha value is -3.66. The summed E-state index contributed by atoms with van der Waals surface area (Å²) in [5.41, 5.74) is 2.64. The van der Waals surface area contributed by atoms with Gasteiger partial charge in [0.25, 0.3) is 5.91 Å². The molecule has 3 aliphatic heterocycles. The van der Waals surface area contributed by atoms with Crippen LogP contribution in [0.2, 0.25) is 0 Å². The van der Waals surface area contributed by atoms with Crippen molar-refractivity contribution in [2.45, 2.75) is 50.6 Å². The summed E-state index contributed by atoms with van der Waals surface area (Å²) in [6.45, 7) is 2.86. The number of nitrogens with zero attached hydrogens (tertiary/aromatic N) is 5. The Morgan fingerprint density at radius 3 is 2.42 bits per heavy atom. The van der Waals surface area contributed by atoms with Gasteiger partial charge in [-0.2, -0.15) is 0 Å². The lowest BCUT2D eigenvalue weighted by Crippen LogP contribution is -2.49. The molecule has 2 aromatic carbocycles. The van der Waals surface area contributed by atoms with Crippen LogP contribution in [0.5, 0.6) is 0 Å². The van der Waals surface area contributed by atoms with E-state index in [-0.39, 0.29) is 35.9 Å². The first-order valence-electron chi connectivity index (χ1n) is 14.2. The maximum atomic E-state index is 13.5. The highest BCUT2D eigenvalue weighted by atomic mass is 32.2. The Labute approximate surface area is 238 Å². The quantitative estimate of drug-likeness (QED) is 0.585. The predicted molar refractivity (Wildman–Crippen MR) is 158 cm³/mol. The van der Waals surface area contributed by atoms with Crippen molar-refractivity contribution >= 4 is 51.9 Å². The van der Waals surface area contributed by atoms with E-state index in [9.17, 15) is 14.4 Å². The number of rotatable bonds is 6. The van der Waals surface area contributed by atoms with Gasteiger partial charge in [-0.3, -0.25) is 19.4 Å². The molecule has 1 aliphatic carbocycles. The number of benzene rings is 2. The summed E-state index contributed by atoms with van der Waals surface area (Å²) in [4.78, 5) is 54.6. The molecular formula is C30H34N6O3S. The van der Waals surface area contributed by atoms with Crippen molar-refractivity contribution in [3.8, 4) is 0 Å². The molecule has 3 amide bonds. The van der Waals surface area contributed by atoms with Gasteiger partial charge in [-0.15, -0.1) is 0 Å². The average molecular weight is 559 g/mol. The van der Waals surface area contributed by atoms with Crippen LogP contribution in [0.15, 0.2) is 64.6 Å². The van der Waals surface area contributed by atoms with Crippen molar-refractivity contribution in [3.05, 3.63) is 60.2 Å². The normalized spacial score (nSPS) is 20.9. The number of nitrogens with one attached hydrogen (secondary N) is 1. The van der Waals surface area contributed by atoms with Gasteiger partial charge in [-0.1, -0.05) is 61.4 Å². The van der Waals surface area contributed by atoms with E-state index in [4.69, 9.17) is 9.98 Å². The van der Waals surface area contributed by atoms with Crippen LogP contribution in [0, 0.1) is 0 Å². The number of piperazine rings is 1. The highest BCUT2D eigenvalue weighted by Crippen LogP contribution is 2.34. The highest BCUT2D eigenvalue weighted by molar-refractivity contribution is 8.14. The lowest BCUT2D eigenvalue weighted by atomic mass is 9.95. The number of hydrogen-bond acceptors (Lipinski definition) is 7. The Balaban J connectivity index is 1.10. The van der Waals surface area contributed by atoms with Gasteiger partial charge in [0.15, 0.2) is 5.17 Å². The molecule has 4 aliphatic rings. The molecule has 0 bridgehead atoms. The summed E-state index contributed by atoms with van der Waals surface area (Å²) in [7, 11) is 0. The third kappa shape index (κ3) is 5.63. The maximum Gasteiger partial charge on any atom is 0.259 e. The molecule has 208 valence electrons. The number of carbonyl (C=O) groups is 3. The summed E-state index contributed by atoms with van der Waals surface area (Å²) < 4.78 is 0. The monoisotopic (exact) mass is 558 g/mol. The molecule has 2 fully saturated rings. The van der Waals surface area contributed by atoms with Gasteiger partial charge < -0.3 is 15.1 Å². The molecule has 0 radical (unpaired) electrons. The number of hydrogen-bond donors (Lipinski definition) is 1. The topological polar surface area (TPSA) is 97.7 Å². The van der Waals surface area contributed by atoms with E-state index >= 15 is 0 Å². The SMILES string of the molecule is O=C(CC1N=C2c3ccccc3N=C(SCC(=O)N3CCN(c4ccccc4)CC3)N2C1=O)NC1CCCCC1. The van der Waals surface area contributed by atoms with Gasteiger partial charge in [0.05, 0.1) is 17.9 Å². The number of carbonyl (C=O) groups excluding carboxylic acids is 3. The number of aliphatic imine (C=N–C) groups is 2. The van der Waals surface area contributed by atoms with Crippen LogP contribution in [-0.4, -0.2) is 82.5 Å². The number of amidine groups is 2. The smallest absolute Gasteiger partial charge is 0.259 e. The Morgan fingerprint density at radius 2 is 1.65 bits per heavy atom. The van der Waals surface area contributed by atoms with E-state index < -0.39 is 6.04 Å². The first kappa shape index (κ1) is 26.6. The zero-order valence-corrected chi connectivity index (χ0v) is 23.3. The van der Waals surface area contributed by atoms with Crippen molar-refractivity contribution in [1.82, 2.24) is 15.1 Å². The summed E-state index contributed by atoms with van der Waals surface area (Å²) in [6.07, 6.45) is 5.45. The molecule has 0 spiro atoms. The van der Waals surface area contributed by atoms with E-state index in [1.807, 2.05) is 47.4 Å². The standard InChI is InChI=1S/C30H34N6O3S/c37-26(31-21-9-3-1-4-10-21)19-25-29(39)36-28(32-25)23-13-7-8-14-24(23)33-30(36)40-20-27(38)35-17-15-34(16-18-35)22-11-5-2-6-12-22/h2,5-8,11-14,21,25H,1,3-4,9-10,15-20H2,(H,31,37). The van der Waals surface area contributed by atoms with Crippen LogP contribution in [-0.2, 0) is 14.4 Å². The number of amides is 3. The molecule has 1 unspecified atom stereocenters. The van der Waals surface area contributed by atoms with Crippen LogP contribution < -0.4 is 10.2 Å². The molecule has 0 aromatic heterocycles. The van der Waals surface area contributed by atoms with Crippen LogP contribution in [0.25, 0.3) is 0 Å². The van der Waals surface area contributed by atoms with Crippen molar-refractivity contribution in [2.24, 2.45) is 9.98 Å². The number of fused-ring (bicyclic) bond motifs is 3. The Bertz CT molecular complexity index is 1330. The molecule has 10 heteroatoms. The first-order valence-corrected chi connectivity index (χ1v) is 15.1. The minimum atomic E-state index is -0.794. The largest absolute Gasteiger partial charge is 0.368 e. The van der Waals surface area contributed by atoms with Crippen molar-refractivity contribution < 1.29 is 14.4 Å². The van der Waals surface area contributed by atoms with E-state index in [1.54, 1.807) is 0 Å². The van der Waals surface area contributed by atoms with Crippen LogP contribution in [0.4, 0.5) is 11.4 Å². The van der Waals surface area contributed by atoms with Crippen LogP contribution in [0.1, 0.15) is 44.1 Å². The van der Waals surface area contributed by atoms with Crippen LogP contribution in [0.3, 0.4) is 0 Å². The molecule has 9 nitrogen and oxygen atoms in total. The van der Waals surface area contributed by atoms with Crippen molar-refractivity contribution in [3.63, 3.8) is 0 Å². The fourth-order valence-corrected chi connectivity index (χ4v) is 6.72.